The number of carbonyl (C=O) groups is 3. The van der Waals surface area contributed by atoms with Crippen molar-refractivity contribution in [3.63, 3.8) is 0 Å². The van der Waals surface area contributed by atoms with Crippen molar-refractivity contribution in [3.8, 4) is 11.5 Å². The summed E-state index contributed by atoms with van der Waals surface area (Å²) in [5.41, 5.74) is 0.481. The Labute approximate surface area is 135 Å². The smallest absolute Gasteiger partial charge is 0.321 e. The number of methoxy groups -OCH3 is 1. The summed E-state index contributed by atoms with van der Waals surface area (Å²) in [4.78, 5) is 34.4. The second-order valence-corrected chi connectivity index (χ2v) is 4.87. The first-order chi connectivity index (χ1) is 11.0. The number of ketones is 1. The molecule has 7 nitrogen and oxygen atoms in total. The SMILES string of the molecule is CCCCNC(=O)NC(=O)COc1ccc(C(C)=O)cc1OC. The van der Waals surface area contributed by atoms with Gasteiger partial charge in [0.05, 0.1) is 7.11 Å². The van der Waals surface area contributed by atoms with Crippen LogP contribution in [0.25, 0.3) is 0 Å². The molecular formula is C16H22N2O5. The van der Waals surface area contributed by atoms with E-state index < -0.39 is 11.9 Å². The topological polar surface area (TPSA) is 93.7 Å². The van der Waals surface area contributed by atoms with Gasteiger partial charge < -0.3 is 14.8 Å². The normalized spacial score (nSPS) is 9.87. The fourth-order valence-electron chi connectivity index (χ4n) is 1.73. The van der Waals surface area contributed by atoms with Crippen LogP contribution in [-0.4, -0.2) is 38.0 Å². The molecule has 2 N–H and O–H groups in total. The molecule has 0 spiro atoms. The number of carbonyl (C=O) groups excluding carboxylic acids is 3. The van der Waals surface area contributed by atoms with Gasteiger partial charge in [-0.05, 0) is 31.5 Å². The molecule has 0 radical (unpaired) electrons. The Kier molecular flexibility index (Phi) is 7.59. The van der Waals surface area contributed by atoms with E-state index in [-0.39, 0.29) is 12.4 Å². The van der Waals surface area contributed by atoms with Crippen molar-refractivity contribution in [2.45, 2.75) is 26.7 Å². The Morgan fingerprint density at radius 2 is 1.91 bits per heavy atom. The molecule has 0 aromatic heterocycles. The van der Waals surface area contributed by atoms with Gasteiger partial charge >= 0.3 is 6.03 Å². The van der Waals surface area contributed by atoms with E-state index in [9.17, 15) is 14.4 Å². The number of Topliss-reactive ketones (excluding diaryl/α,β-unsaturated/α-hetero) is 1. The highest BCUT2D eigenvalue weighted by Crippen LogP contribution is 2.28. The number of imide groups is 1. The standard InChI is InChI=1S/C16H22N2O5/c1-4-5-8-17-16(21)18-15(20)10-23-13-7-6-12(11(2)19)9-14(13)22-3/h6-7,9H,4-5,8,10H2,1-3H3,(H2,17,18,20,21). The van der Waals surface area contributed by atoms with E-state index in [4.69, 9.17) is 9.47 Å². The van der Waals surface area contributed by atoms with E-state index in [1.807, 2.05) is 6.92 Å². The van der Waals surface area contributed by atoms with E-state index in [2.05, 4.69) is 10.6 Å². The second-order valence-electron chi connectivity index (χ2n) is 4.87. The van der Waals surface area contributed by atoms with Crippen LogP contribution in [-0.2, 0) is 4.79 Å². The molecule has 0 aliphatic carbocycles. The molecule has 0 bridgehead atoms. The van der Waals surface area contributed by atoms with Crippen LogP contribution >= 0.6 is 0 Å². The summed E-state index contributed by atoms with van der Waals surface area (Å²) in [6.45, 7) is 3.62. The minimum absolute atomic E-state index is 0.101. The molecule has 23 heavy (non-hydrogen) atoms. The lowest BCUT2D eigenvalue weighted by Gasteiger charge is -2.11. The molecule has 3 amide bonds. The minimum atomic E-state index is -0.573. The van der Waals surface area contributed by atoms with E-state index in [0.29, 0.717) is 23.6 Å². The molecule has 0 aliphatic heterocycles. The second kappa shape index (κ2) is 9.45. The first-order valence-electron chi connectivity index (χ1n) is 7.37. The summed E-state index contributed by atoms with van der Waals surface area (Å²) in [5.74, 6) is -0.00928. The maximum Gasteiger partial charge on any atom is 0.321 e. The number of ether oxygens (including phenoxy) is 2. The van der Waals surface area contributed by atoms with Gasteiger partial charge in [0.2, 0.25) is 0 Å². The zero-order valence-electron chi connectivity index (χ0n) is 13.6. The van der Waals surface area contributed by atoms with Crippen LogP contribution in [0.3, 0.4) is 0 Å². The van der Waals surface area contributed by atoms with Crippen LogP contribution in [0.15, 0.2) is 18.2 Å². The Bertz CT molecular complexity index is 572. The summed E-state index contributed by atoms with van der Waals surface area (Å²) in [7, 11) is 1.44. The third-order valence-corrected chi connectivity index (χ3v) is 3.00. The van der Waals surface area contributed by atoms with Crippen molar-refractivity contribution in [1.29, 1.82) is 0 Å². The highest BCUT2D eigenvalue weighted by molar-refractivity contribution is 5.95. The molecule has 0 aliphatic rings. The van der Waals surface area contributed by atoms with Gasteiger partial charge in [0.25, 0.3) is 5.91 Å². The van der Waals surface area contributed by atoms with Gasteiger partial charge in [-0.3, -0.25) is 14.9 Å². The highest BCUT2D eigenvalue weighted by atomic mass is 16.5. The van der Waals surface area contributed by atoms with Crippen molar-refractivity contribution in [2.24, 2.45) is 0 Å². The van der Waals surface area contributed by atoms with E-state index in [1.165, 1.54) is 20.1 Å². The van der Waals surface area contributed by atoms with E-state index >= 15 is 0 Å². The predicted octanol–water partition coefficient (Wildman–Crippen LogP) is 1.90. The van der Waals surface area contributed by atoms with Crippen LogP contribution in [0, 0.1) is 0 Å². The first kappa shape index (κ1) is 18.5. The maximum absolute atomic E-state index is 11.6. The van der Waals surface area contributed by atoms with Gasteiger partial charge in [-0.1, -0.05) is 13.3 Å². The van der Waals surface area contributed by atoms with Crippen LogP contribution in [0.5, 0.6) is 11.5 Å². The van der Waals surface area contributed by atoms with Gasteiger partial charge in [-0.2, -0.15) is 0 Å². The lowest BCUT2D eigenvalue weighted by atomic mass is 10.1. The first-order valence-corrected chi connectivity index (χ1v) is 7.37. The van der Waals surface area contributed by atoms with Gasteiger partial charge in [-0.25, -0.2) is 4.79 Å². The van der Waals surface area contributed by atoms with Crippen LogP contribution in [0.1, 0.15) is 37.0 Å². The lowest BCUT2D eigenvalue weighted by Crippen LogP contribution is -2.41. The molecular weight excluding hydrogens is 300 g/mol. The van der Waals surface area contributed by atoms with Crippen molar-refractivity contribution in [3.05, 3.63) is 23.8 Å². The summed E-state index contributed by atoms with van der Waals surface area (Å²) < 4.78 is 10.4. The Hall–Kier alpha value is -2.57. The summed E-state index contributed by atoms with van der Waals surface area (Å²) in [6, 6.07) is 4.11. The molecule has 0 atom stereocenters. The third-order valence-electron chi connectivity index (χ3n) is 3.00. The number of nitrogens with one attached hydrogen (secondary N) is 2. The number of unbranched alkanes of at least 4 members (excludes halogenated alkanes) is 1. The summed E-state index contributed by atoms with van der Waals surface area (Å²) in [6.07, 6.45) is 1.80. The van der Waals surface area contributed by atoms with Gasteiger partial charge in [-0.15, -0.1) is 0 Å². The predicted molar refractivity (Wildman–Crippen MR) is 84.9 cm³/mol. The molecule has 0 saturated heterocycles. The zero-order chi connectivity index (χ0) is 17.2. The quantitative estimate of drug-likeness (QED) is 0.563. The average molecular weight is 322 g/mol. The number of hydrogen-bond donors (Lipinski definition) is 2. The number of hydrogen-bond acceptors (Lipinski definition) is 5. The Morgan fingerprint density at radius 1 is 1.17 bits per heavy atom. The molecule has 1 aromatic rings. The molecule has 7 heteroatoms. The maximum atomic E-state index is 11.6. The molecule has 0 fully saturated rings. The van der Waals surface area contributed by atoms with Gasteiger partial charge in [0.15, 0.2) is 23.9 Å². The largest absolute Gasteiger partial charge is 0.493 e. The van der Waals surface area contributed by atoms with Crippen LogP contribution in [0.4, 0.5) is 4.79 Å². The number of rotatable bonds is 8. The van der Waals surface area contributed by atoms with Gasteiger partial charge in [0.1, 0.15) is 0 Å². The summed E-state index contributed by atoms with van der Waals surface area (Å²) in [5, 5.41) is 4.73. The molecule has 0 saturated carbocycles. The molecule has 0 heterocycles. The molecule has 1 rings (SSSR count). The van der Waals surface area contributed by atoms with Crippen molar-refractivity contribution >= 4 is 17.7 Å². The molecule has 126 valence electrons. The van der Waals surface area contributed by atoms with Crippen molar-refractivity contribution in [1.82, 2.24) is 10.6 Å². The number of amides is 3. The minimum Gasteiger partial charge on any atom is -0.493 e. The van der Waals surface area contributed by atoms with Gasteiger partial charge in [0, 0.05) is 12.1 Å². The van der Waals surface area contributed by atoms with E-state index in [1.54, 1.807) is 12.1 Å². The Morgan fingerprint density at radius 3 is 2.52 bits per heavy atom. The van der Waals surface area contributed by atoms with Crippen molar-refractivity contribution < 1.29 is 23.9 Å². The highest BCUT2D eigenvalue weighted by Gasteiger charge is 2.12. The van der Waals surface area contributed by atoms with E-state index in [0.717, 1.165) is 12.8 Å². The van der Waals surface area contributed by atoms with Crippen LogP contribution in [0.2, 0.25) is 0 Å². The summed E-state index contributed by atoms with van der Waals surface area (Å²) >= 11 is 0. The lowest BCUT2D eigenvalue weighted by molar-refractivity contribution is -0.122. The fourth-order valence-corrected chi connectivity index (χ4v) is 1.73. The molecule has 1 aromatic carbocycles. The zero-order valence-corrected chi connectivity index (χ0v) is 13.6. The number of benzene rings is 1. The van der Waals surface area contributed by atoms with Crippen LogP contribution < -0.4 is 20.1 Å². The third kappa shape index (κ3) is 6.37. The number of urea groups is 1. The van der Waals surface area contributed by atoms with Crippen molar-refractivity contribution in [2.75, 3.05) is 20.3 Å². The monoisotopic (exact) mass is 322 g/mol. The molecule has 0 unspecified atom stereocenters. The fraction of sp³-hybridized carbons (Fsp3) is 0.438. The average Bonchev–Trinajstić information content (AvgIpc) is 2.52. The Balaban J connectivity index is 2.52.